The molecule has 0 unspecified atom stereocenters. The molecule has 1 saturated heterocycles. The molecule has 0 saturated carbocycles. The number of nitrogens with one attached hydrogen (secondary N) is 1. The Bertz CT molecular complexity index is 682. The molecule has 1 heterocycles. The zero-order chi connectivity index (χ0) is 18.2. The molecule has 1 aliphatic heterocycles. The van der Waals surface area contributed by atoms with Crippen LogP contribution >= 0.6 is 11.8 Å². The second-order valence-corrected chi connectivity index (χ2v) is 7.54. The minimum Gasteiger partial charge on any atom is -0.351 e. The van der Waals surface area contributed by atoms with Gasteiger partial charge in [0.1, 0.15) is 0 Å². The summed E-state index contributed by atoms with van der Waals surface area (Å²) < 4.78 is 0. The van der Waals surface area contributed by atoms with Crippen LogP contribution in [0.3, 0.4) is 0 Å². The highest BCUT2D eigenvalue weighted by molar-refractivity contribution is 7.98. The van der Waals surface area contributed by atoms with Gasteiger partial charge in [-0.05, 0) is 29.5 Å². The number of hydrogen-bond donors (Lipinski definition) is 1. The van der Waals surface area contributed by atoms with Crippen molar-refractivity contribution in [3.8, 4) is 0 Å². The molecule has 1 fully saturated rings. The summed E-state index contributed by atoms with van der Waals surface area (Å²) in [5, 5.41) is 3.01. The third kappa shape index (κ3) is 5.87. The van der Waals surface area contributed by atoms with E-state index in [1.807, 2.05) is 30.3 Å². The lowest BCUT2D eigenvalue weighted by atomic mass is 10.2. The van der Waals surface area contributed by atoms with Gasteiger partial charge in [-0.3, -0.25) is 14.6 Å². The number of carbonyl (C=O) groups excluding carboxylic acids is 1. The van der Waals surface area contributed by atoms with Crippen LogP contribution in [0.15, 0.2) is 59.5 Å². The smallest absolute Gasteiger partial charge is 0.234 e. The van der Waals surface area contributed by atoms with E-state index in [0.717, 1.165) is 38.3 Å². The molecule has 0 radical (unpaired) electrons. The molecule has 4 nitrogen and oxygen atoms in total. The molecule has 0 aliphatic carbocycles. The van der Waals surface area contributed by atoms with Gasteiger partial charge in [-0.15, -0.1) is 11.8 Å². The number of carbonyl (C=O) groups is 1. The molecule has 3 rings (SSSR count). The number of rotatable bonds is 7. The molecule has 1 aliphatic rings. The Kier molecular flexibility index (Phi) is 7.12. The largest absolute Gasteiger partial charge is 0.351 e. The molecule has 138 valence electrons. The van der Waals surface area contributed by atoms with E-state index in [9.17, 15) is 4.79 Å². The molecular formula is C21H27N3OS. The first kappa shape index (κ1) is 19.0. The monoisotopic (exact) mass is 369 g/mol. The quantitative estimate of drug-likeness (QED) is 0.762. The minimum atomic E-state index is 0.106. The molecule has 1 amide bonds. The minimum absolute atomic E-state index is 0.106. The lowest BCUT2D eigenvalue weighted by molar-refractivity contribution is -0.122. The molecular weight excluding hydrogens is 342 g/mol. The first-order valence-electron chi connectivity index (χ1n) is 9.11. The summed E-state index contributed by atoms with van der Waals surface area (Å²) in [7, 11) is 0. The summed E-state index contributed by atoms with van der Waals surface area (Å²) in [5.41, 5.74) is 2.50. The molecule has 0 bridgehead atoms. The van der Waals surface area contributed by atoms with Crippen LogP contribution in [0.1, 0.15) is 11.1 Å². The van der Waals surface area contributed by atoms with Gasteiger partial charge in [0.2, 0.25) is 5.91 Å². The molecule has 0 aromatic heterocycles. The van der Waals surface area contributed by atoms with Gasteiger partial charge in [0.25, 0.3) is 0 Å². The fraction of sp³-hybridized carbons (Fsp3) is 0.381. The van der Waals surface area contributed by atoms with Crippen molar-refractivity contribution < 1.29 is 4.79 Å². The Morgan fingerprint density at radius 1 is 0.923 bits per heavy atom. The van der Waals surface area contributed by atoms with Gasteiger partial charge in [-0.2, -0.15) is 0 Å². The van der Waals surface area contributed by atoms with Crippen molar-refractivity contribution in [2.45, 2.75) is 18.0 Å². The first-order chi connectivity index (χ1) is 12.7. The van der Waals surface area contributed by atoms with E-state index < -0.39 is 0 Å². The highest BCUT2D eigenvalue weighted by atomic mass is 32.2. The van der Waals surface area contributed by atoms with E-state index in [-0.39, 0.29) is 5.91 Å². The Morgan fingerprint density at radius 3 is 2.23 bits per heavy atom. The lowest BCUT2D eigenvalue weighted by Gasteiger charge is -2.34. The van der Waals surface area contributed by atoms with Crippen LogP contribution in [-0.4, -0.2) is 54.7 Å². The highest BCUT2D eigenvalue weighted by Gasteiger charge is 2.18. The maximum Gasteiger partial charge on any atom is 0.234 e. The first-order valence-corrected chi connectivity index (χ1v) is 10.3. The fourth-order valence-corrected chi connectivity index (χ4v) is 3.56. The van der Waals surface area contributed by atoms with Crippen molar-refractivity contribution in [1.29, 1.82) is 0 Å². The van der Waals surface area contributed by atoms with Gasteiger partial charge in [-0.1, -0.05) is 42.5 Å². The number of piperazine rings is 1. The maximum atomic E-state index is 12.1. The highest BCUT2D eigenvalue weighted by Crippen LogP contribution is 2.16. The van der Waals surface area contributed by atoms with E-state index in [1.165, 1.54) is 10.5 Å². The molecule has 2 aromatic rings. The van der Waals surface area contributed by atoms with E-state index >= 15 is 0 Å². The Hall–Kier alpha value is -1.82. The standard InChI is InChI=1S/C21H27N3OS/c1-26-20-9-7-19(8-10-20)16-23-11-13-24(14-12-23)17-21(25)22-15-18-5-3-2-4-6-18/h2-10H,11-17H2,1H3,(H,22,25). The van der Waals surface area contributed by atoms with E-state index in [4.69, 9.17) is 0 Å². The summed E-state index contributed by atoms with van der Waals surface area (Å²) in [6.45, 7) is 5.99. The Balaban J connectivity index is 1.37. The summed E-state index contributed by atoms with van der Waals surface area (Å²) in [6, 6.07) is 18.9. The summed E-state index contributed by atoms with van der Waals surface area (Å²) >= 11 is 1.77. The number of benzene rings is 2. The third-order valence-electron chi connectivity index (χ3n) is 4.73. The average molecular weight is 370 g/mol. The van der Waals surface area contributed by atoms with E-state index in [2.05, 4.69) is 45.6 Å². The van der Waals surface area contributed by atoms with Gasteiger partial charge in [0.15, 0.2) is 0 Å². The maximum absolute atomic E-state index is 12.1. The molecule has 1 N–H and O–H groups in total. The van der Waals surface area contributed by atoms with Gasteiger partial charge in [0, 0.05) is 44.2 Å². The van der Waals surface area contributed by atoms with Crippen molar-refractivity contribution >= 4 is 17.7 Å². The van der Waals surface area contributed by atoms with Crippen LogP contribution in [0.25, 0.3) is 0 Å². The summed E-state index contributed by atoms with van der Waals surface area (Å²) in [5.74, 6) is 0.106. The zero-order valence-corrected chi connectivity index (χ0v) is 16.2. The van der Waals surface area contributed by atoms with Crippen molar-refractivity contribution in [2.24, 2.45) is 0 Å². The second-order valence-electron chi connectivity index (χ2n) is 6.66. The molecule has 2 aromatic carbocycles. The third-order valence-corrected chi connectivity index (χ3v) is 5.47. The van der Waals surface area contributed by atoms with Crippen LogP contribution in [0, 0.1) is 0 Å². The van der Waals surface area contributed by atoms with Crippen molar-refractivity contribution in [1.82, 2.24) is 15.1 Å². The lowest BCUT2D eigenvalue weighted by Crippen LogP contribution is -2.49. The zero-order valence-electron chi connectivity index (χ0n) is 15.4. The SMILES string of the molecule is CSc1ccc(CN2CCN(CC(=O)NCc3ccccc3)CC2)cc1. The van der Waals surface area contributed by atoms with Crippen LogP contribution in [-0.2, 0) is 17.9 Å². The fourth-order valence-electron chi connectivity index (χ4n) is 3.15. The molecule has 26 heavy (non-hydrogen) atoms. The van der Waals surface area contributed by atoms with Crippen LogP contribution in [0.2, 0.25) is 0 Å². The number of hydrogen-bond acceptors (Lipinski definition) is 4. The normalized spacial score (nSPS) is 15.7. The van der Waals surface area contributed by atoms with Crippen molar-refractivity contribution in [2.75, 3.05) is 39.0 Å². The van der Waals surface area contributed by atoms with Gasteiger partial charge < -0.3 is 5.32 Å². The van der Waals surface area contributed by atoms with Crippen molar-refractivity contribution in [3.63, 3.8) is 0 Å². The number of thioether (sulfide) groups is 1. The van der Waals surface area contributed by atoms with Crippen molar-refractivity contribution in [3.05, 3.63) is 65.7 Å². The van der Waals surface area contributed by atoms with Gasteiger partial charge in [0.05, 0.1) is 6.54 Å². The van der Waals surface area contributed by atoms with E-state index in [1.54, 1.807) is 11.8 Å². The van der Waals surface area contributed by atoms with Gasteiger partial charge in [-0.25, -0.2) is 0 Å². The number of amides is 1. The molecule has 0 spiro atoms. The predicted octanol–water partition coefficient (Wildman–Crippen LogP) is 2.84. The number of nitrogens with zero attached hydrogens (tertiary/aromatic N) is 2. The van der Waals surface area contributed by atoms with Crippen LogP contribution in [0.5, 0.6) is 0 Å². The summed E-state index contributed by atoms with van der Waals surface area (Å²) in [6.07, 6.45) is 2.10. The molecule has 0 atom stereocenters. The van der Waals surface area contributed by atoms with E-state index in [0.29, 0.717) is 13.1 Å². The predicted molar refractivity (Wildman–Crippen MR) is 108 cm³/mol. The Morgan fingerprint density at radius 2 is 1.58 bits per heavy atom. The van der Waals surface area contributed by atoms with Crippen LogP contribution in [0.4, 0.5) is 0 Å². The van der Waals surface area contributed by atoms with Gasteiger partial charge >= 0.3 is 0 Å². The second kappa shape index (κ2) is 9.76. The Labute approximate surface area is 160 Å². The van der Waals surface area contributed by atoms with Crippen LogP contribution < -0.4 is 5.32 Å². The average Bonchev–Trinajstić information content (AvgIpc) is 2.69. The molecule has 5 heteroatoms. The topological polar surface area (TPSA) is 35.6 Å². The summed E-state index contributed by atoms with van der Waals surface area (Å²) in [4.78, 5) is 18.2.